The topological polar surface area (TPSA) is 32.3 Å². The number of halogens is 1. The normalized spacial score (nSPS) is 12.3. The summed E-state index contributed by atoms with van der Waals surface area (Å²) >= 11 is 3.46. The van der Waals surface area contributed by atoms with Gasteiger partial charge in [-0.1, -0.05) is 69.6 Å². The highest BCUT2D eigenvalue weighted by atomic mass is 79.9. The summed E-state index contributed by atoms with van der Waals surface area (Å²) in [6.45, 7) is 13.5. The van der Waals surface area contributed by atoms with E-state index in [0.29, 0.717) is 5.75 Å². The standard InChI is InChI=1S/C21H28BrNO/c1-20(2,3)17-11-16(12-18(19(17)24)21(4,5)6)23-13-14-7-9-15(22)10-8-14/h7-12,23-24H,13H2,1-6H3. The molecule has 24 heavy (non-hydrogen) atoms. The highest BCUT2D eigenvalue weighted by Gasteiger charge is 2.26. The number of aromatic hydroxyl groups is 1. The maximum Gasteiger partial charge on any atom is 0.123 e. The zero-order chi connectivity index (χ0) is 18.1. The molecule has 2 nitrogen and oxygen atoms in total. The lowest BCUT2D eigenvalue weighted by Gasteiger charge is -2.28. The van der Waals surface area contributed by atoms with Crippen molar-refractivity contribution in [3.8, 4) is 5.75 Å². The van der Waals surface area contributed by atoms with Crippen molar-refractivity contribution >= 4 is 21.6 Å². The van der Waals surface area contributed by atoms with Gasteiger partial charge in [-0.25, -0.2) is 0 Å². The molecule has 0 heterocycles. The summed E-state index contributed by atoms with van der Waals surface area (Å²) in [6.07, 6.45) is 0. The third kappa shape index (κ3) is 4.54. The van der Waals surface area contributed by atoms with Crippen molar-refractivity contribution in [2.24, 2.45) is 0 Å². The van der Waals surface area contributed by atoms with E-state index in [1.807, 2.05) is 0 Å². The van der Waals surface area contributed by atoms with Crippen LogP contribution in [0.1, 0.15) is 58.2 Å². The molecular weight excluding hydrogens is 362 g/mol. The molecule has 0 saturated heterocycles. The molecule has 2 rings (SSSR count). The first kappa shape index (κ1) is 18.9. The Hall–Kier alpha value is -1.48. The number of hydrogen-bond donors (Lipinski definition) is 2. The van der Waals surface area contributed by atoms with E-state index in [4.69, 9.17) is 0 Å². The third-order valence-corrected chi connectivity index (χ3v) is 4.66. The van der Waals surface area contributed by atoms with E-state index in [1.54, 1.807) is 0 Å². The molecule has 0 spiro atoms. The molecule has 0 saturated carbocycles. The molecule has 0 bridgehead atoms. The van der Waals surface area contributed by atoms with Crippen LogP contribution in [0.5, 0.6) is 5.75 Å². The molecule has 2 aromatic carbocycles. The summed E-state index contributed by atoms with van der Waals surface area (Å²) < 4.78 is 1.08. The second-order valence-corrected chi connectivity index (χ2v) is 9.32. The summed E-state index contributed by atoms with van der Waals surface area (Å²) in [5.41, 5.74) is 4.01. The van der Waals surface area contributed by atoms with Crippen LogP contribution in [-0.2, 0) is 17.4 Å². The van der Waals surface area contributed by atoms with Crippen molar-refractivity contribution in [2.75, 3.05) is 5.32 Å². The number of anilines is 1. The smallest absolute Gasteiger partial charge is 0.123 e. The average Bonchev–Trinajstić information content (AvgIpc) is 2.45. The predicted octanol–water partition coefficient (Wildman–Crippen LogP) is 6.36. The van der Waals surface area contributed by atoms with Crippen molar-refractivity contribution in [1.82, 2.24) is 0 Å². The highest BCUT2D eigenvalue weighted by molar-refractivity contribution is 9.10. The van der Waals surface area contributed by atoms with Gasteiger partial charge in [-0.2, -0.15) is 0 Å². The van der Waals surface area contributed by atoms with Crippen LogP contribution in [0.2, 0.25) is 0 Å². The minimum Gasteiger partial charge on any atom is -0.507 e. The zero-order valence-electron chi connectivity index (χ0n) is 15.5. The number of rotatable bonds is 3. The van der Waals surface area contributed by atoms with E-state index in [1.165, 1.54) is 5.56 Å². The summed E-state index contributed by atoms with van der Waals surface area (Å²) in [5.74, 6) is 0.421. The highest BCUT2D eigenvalue weighted by Crippen LogP contribution is 2.41. The maximum atomic E-state index is 10.8. The molecule has 2 N–H and O–H groups in total. The molecule has 2 aromatic rings. The van der Waals surface area contributed by atoms with Crippen LogP contribution < -0.4 is 5.32 Å². The molecule has 0 aromatic heterocycles. The average molecular weight is 390 g/mol. The number of nitrogens with one attached hydrogen (secondary N) is 1. The molecule has 0 radical (unpaired) electrons. The summed E-state index contributed by atoms with van der Waals surface area (Å²) in [6, 6.07) is 12.5. The molecule has 0 fully saturated rings. The first-order valence-electron chi connectivity index (χ1n) is 8.35. The molecular formula is C21H28BrNO. The Morgan fingerprint density at radius 2 is 1.33 bits per heavy atom. The van der Waals surface area contributed by atoms with Gasteiger partial charge in [0.25, 0.3) is 0 Å². The monoisotopic (exact) mass is 389 g/mol. The number of phenols is 1. The number of hydrogen-bond acceptors (Lipinski definition) is 2. The van der Waals surface area contributed by atoms with Crippen molar-refractivity contribution < 1.29 is 5.11 Å². The first-order chi connectivity index (χ1) is 11.0. The van der Waals surface area contributed by atoms with Gasteiger partial charge in [0.05, 0.1) is 0 Å². The van der Waals surface area contributed by atoms with Crippen molar-refractivity contribution in [3.05, 3.63) is 57.6 Å². The van der Waals surface area contributed by atoms with Crippen molar-refractivity contribution in [2.45, 2.75) is 58.9 Å². The Kier molecular flexibility index (Phi) is 5.34. The Morgan fingerprint density at radius 3 is 1.75 bits per heavy atom. The van der Waals surface area contributed by atoms with Gasteiger partial charge in [-0.05, 0) is 40.7 Å². The van der Waals surface area contributed by atoms with Crippen LogP contribution in [0.25, 0.3) is 0 Å². The van der Waals surface area contributed by atoms with E-state index in [9.17, 15) is 5.11 Å². The predicted molar refractivity (Wildman–Crippen MR) is 107 cm³/mol. The third-order valence-electron chi connectivity index (χ3n) is 4.14. The lowest BCUT2D eigenvalue weighted by molar-refractivity contribution is 0.423. The van der Waals surface area contributed by atoms with Gasteiger partial charge in [0, 0.05) is 27.8 Å². The van der Waals surface area contributed by atoms with E-state index in [2.05, 4.69) is 99.2 Å². The maximum absolute atomic E-state index is 10.8. The van der Waals surface area contributed by atoms with Gasteiger partial charge in [0.15, 0.2) is 0 Å². The zero-order valence-corrected chi connectivity index (χ0v) is 17.1. The fraction of sp³-hybridized carbons (Fsp3) is 0.429. The van der Waals surface area contributed by atoms with Crippen LogP contribution >= 0.6 is 15.9 Å². The van der Waals surface area contributed by atoms with Gasteiger partial charge >= 0.3 is 0 Å². The first-order valence-corrected chi connectivity index (χ1v) is 9.14. The Bertz CT molecular complexity index is 671. The van der Waals surface area contributed by atoms with E-state index < -0.39 is 0 Å². The van der Waals surface area contributed by atoms with Gasteiger partial charge < -0.3 is 10.4 Å². The summed E-state index contributed by atoms with van der Waals surface area (Å²) in [4.78, 5) is 0. The fourth-order valence-electron chi connectivity index (χ4n) is 2.69. The van der Waals surface area contributed by atoms with Gasteiger partial charge in [-0.15, -0.1) is 0 Å². The fourth-order valence-corrected chi connectivity index (χ4v) is 2.95. The van der Waals surface area contributed by atoms with E-state index in [-0.39, 0.29) is 10.8 Å². The molecule has 0 aliphatic rings. The summed E-state index contributed by atoms with van der Waals surface area (Å²) in [5, 5.41) is 14.3. The van der Waals surface area contributed by atoms with E-state index >= 15 is 0 Å². The minimum atomic E-state index is -0.112. The second-order valence-electron chi connectivity index (χ2n) is 8.40. The SMILES string of the molecule is CC(C)(C)c1cc(NCc2ccc(Br)cc2)cc(C(C)(C)C)c1O. The van der Waals surface area contributed by atoms with E-state index in [0.717, 1.165) is 27.8 Å². The van der Waals surface area contributed by atoms with Gasteiger partial charge in [0.2, 0.25) is 0 Å². The largest absolute Gasteiger partial charge is 0.507 e. The Labute approximate surface area is 154 Å². The Morgan fingerprint density at radius 1 is 0.875 bits per heavy atom. The lowest BCUT2D eigenvalue weighted by atomic mass is 9.79. The number of phenolic OH excluding ortho intramolecular Hbond substituents is 1. The van der Waals surface area contributed by atoms with Crippen LogP contribution in [0.4, 0.5) is 5.69 Å². The van der Waals surface area contributed by atoms with Crippen molar-refractivity contribution in [1.29, 1.82) is 0 Å². The minimum absolute atomic E-state index is 0.112. The molecule has 130 valence electrons. The molecule has 3 heteroatoms. The van der Waals surface area contributed by atoms with Crippen LogP contribution in [-0.4, -0.2) is 5.11 Å². The molecule has 0 atom stereocenters. The summed E-state index contributed by atoms with van der Waals surface area (Å²) in [7, 11) is 0. The van der Waals surface area contributed by atoms with Gasteiger partial charge in [0.1, 0.15) is 5.75 Å². The lowest BCUT2D eigenvalue weighted by Crippen LogP contribution is -2.18. The number of benzene rings is 2. The quantitative estimate of drug-likeness (QED) is 0.598. The van der Waals surface area contributed by atoms with Crippen LogP contribution in [0.15, 0.2) is 40.9 Å². The van der Waals surface area contributed by atoms with Crippen molar-refractivity contribution in [3.63, 3.8) is 0 Å². The van der Waals surface area contributed by atoms with Crippen LogP contribution in [0, 0.1) is 0 Å². The Balaban J connectivity index is 2.37. The molecule has 0 amide bonds. The van der Waals surface area contributed by atoms with Gasteiger partial charge in [-0.3, -0.25) is 0 Å². The van der Waals surface area contributed by atoms with Crippen LogP contribution in [0.3, 0.4) is 0 Å². The second kappa shape index (κ2) is 6.79. The molecule has 0 aliphatic heterocycles. The molecule has 0 unspecified atom stereocenters. The molecule has 0 aliphatic carbocycles.